The van der Waals surface area contributed by atoms with Crippen LogP contribution in [0.3, 0.4) is 0 Å². The number of halogens is 3. The van der Waals surface area contributed by atoms with Crippen molar-refractivity contribution < 1.29 is 9.53 Å². The summed E-state index contributed by atoms with van der Waals surface area (Å²) in [6.45, 7) is 9.06. The topological polar surface area (TPSA) is 45.7 Å². The lowest BCUT2D eigenvalue weighted by atomic mass is 10.2. The second kappa shape index (κ2) is 10.8. The summed E-state index contributed by atoms with van der Waals surface area (Å²) in [4.78, 5) is 21.8. The second-order valence-corrected chi connectivity index (χ2v) is 9.29. The number of aryl methyl sites for hydroxylation is 1. The van der Waals surface area contributed by atoms with Crippen molar-refractivity contribution in [2.45, 2.75) is 20.8 Å². The number of amides is 1. The lowest BCUT2D eigenvalue weighted by molar-refractivity contribution is -0.120. The Morgan fingerprint density at radius 1 is 1.06 bits per heavy atom. The first-order chi connectivity index (χ1) is 14.8. The van der Waals surface area contributed by atoms with Crippen LogP contribution in [0.1, 0.15) is 19.4 Å². The monoisotopic (exact) mass is 499 g/mol. The van der Waals surface area contributed by atoms with E-state index in [1.807, 2.05) is 19.1 Å². The van der Waals surface area contributed by atoms with Crippen molar-refractivity contribution in [3.8, 4) is 5.75 Å². The number of hydrogen-bond acceptors (Lipinski definition) is 5. The average molecular weight is 501 g/mol. The van der Waals surface area contributed by atoms with Crippen LogP contribution in [0.5, 0.6) is 5.75 Å². The van der Waals surface area contributed by atoms with Crippen LogP contribution in [0, 0.1) is 6.92 Å². The molecule has 1 heterocycles. The number of carbonyl (C=O) groups is 1. The van der Waals surface area contributed by atoms with Gasteiger partial charge in [-0.25, -0.2) is 4.98 Å². The first-order valence-electron chi connectivity index (χ1n) is 9.99. The van der Waals surface area contributed by atoms with Gasteiger partial charge in [0.1, 0.15) is 5.75 Å². The minimum absolute atomic E-state index is 0.157. The number of carbonyl (C=O) groups excluding carboxylic acids is 1. The Labute approximate surface area is 201 Å². The molecule has 0 saturated carbocycles. The smallest absolute Gasteiger partial charge is 0.266 e. The van der Waals surface area contributed by atoms with E-state index >= 15 is 0 Å². The zero-order chi connectivity index (χ0) is 22.5. The SMILES string of the molecule is CCN(CC)CCN(C(=O)COc1ccc(Cl)cc1Cl)c1nc2c(C)cc(Cl)cc2s1. The van der Waals surface area contributed by atoms with E-state index in [0.717, 1.165) is 35.4 Å². The molecule has 0 saturated heterocycles. The largest absolute Gasteiger partial charge is 0.482 e. The molecule has 3 rings (SSSR count). The summed E-state index contributed by atoms with van der Waals surface area (Å²) in [5, 5.41) is 2.15. The third-order valence-corrected chi connectivity index (χ3v) is 6.72. The van der Waals surface area contributed by atoms with E-state index in [1.54, 1.807) is 23.1 Å². The minimum atomic E-state index is -0.194. The van der Waals surface area contributed by atoms with Crippen molar-refractivity contribution in [2.24, 2.45) is 0 Å². The molecule has 0 unspecified atom stereocenters. The molecule has 1 amide bonds. The molecule has 0 aliphatic rings. The highest BCUT2D eigenvalue weighted by molar-refractivity contribution is 7.22. The third-order valence-electron chi connectivity index (χ3n) is 4.95. The van der Waals surface area contributed by atoms with Crippen LogP contribution in [0.4, 0.5) is 5.13 Å². The first kappa shape index (κ1) is 24.1. The van der Waals surface area contributed by atoms with Crippen molar-refractivity contribution in [3.05, 3.63) is 51.0 Å². The highest BCUT2D eigenvalue weighted by Gasteiger charge is 2.22. The van der Waals surface area contributed by atoms with Crippen LogP contribution in [-0.2, 0) is 4.79 Å². The van der Waals surface area contributed by atoms with Gasteiger partial charge in [-0.3, -0.25) is 9.69 Å². The summed E-state index contributed by atoms with van der Waals surface area (Å²) >= 11 is 19.8. The Kier molecular flexibility index (Phi) is 8.42. The predicted octanol–water partition coefficient (Wildman–Crippen LogP) is 6.32. The van der Waals surface area contributed by atoms with Gasteiger partial charge >= 0.3 is 0 Å². The van der Waals surface area contributed by atoms with Gasteiger partial charge in [0, 0.05) is 23.1 Å². The summed E-state index contributed by atoms with van der Waals surface area (Å²) in [5.41, 5.74) is 1.83. The van der Waals surface area contributed by atoms with Crippen molar-refractivity contribution in [3.63, 3.8) is 0 Å². The maximum absolute atomic E-state index is 13.2. The molecule has 3 aromatic rings. The van der Waals surface area contributed by atoms with E-state index in [2.05, 4.69) is 18.7 Å². The zero-order valence-electron chi connectivity index (χ0n) is 17.6. The lowest BCUT2D eigenvalue weighted by Gasteiger charge is -2.24. The van der Waals surface area contributed by atoms with Gasteiger partial charge < -0.3 is 9.64 Å². The van der Waals surface area contributed by atoms with Gasteiger partial charge in [-0.2, -0.15) is 0 Å². The normalized spacial score (nSPS) is 11.3. The first-order valence-corrected chi connectivity index (χ1v) is 11.9. The Bertz CT molecular complexity index is 1070. The van der Waals surface area contributed by atoms with Gasteiger partial charge in [0.25, 0.3) is 5.91 Å². The van der Waals surface area contributed by atoms with E-state index in [9.17, 15) is 4.79 Å². The van der Waals surface area contributed by atoms with Gasteiger partial charge in [0.05, 0.1) is 15.2 Å². The van der Waals surface area contributed by atoms with Crippen LogP contribution in [-0.4, -0.2) is 48.6 Å². The van der Waals surface area contributed by atoms with Crippen LogP contribution < -0.4 is 9.64 Å². The molecule has 0 radical (unpaired) electrons. The molecule has 0 atom stereocenters. The standard InChI is InChI=1S/C22H24Cl3N3O2S/c1-4-27(5-2)8-9-28(20(29)13-30-18-7-6-15(23)11-17(18)25)22-26-21-14(3)10-16(24)12-19(21)31-22/h6-7,10-12H,4-5,8-9,13H2,1-3H3. The summed E-state index contributed by atoms with van der Waals surface area (Å²) < 4.78 is 6.64. The second-order valence-electron chi connectivity index (χ2n) is 7.00. The van der Waals surface area contributed by atoms with Crippen LogP contribution in [0.2, 0.25) is 15.1 Å². The number of fused-ring (bicyclic) bond motifs is 1. The Balaban J connectivity index is 1.84. The molecule has 31 heavy (non-hydrogen) atoms. The number of benzene rings is 2. The molecule has 1 aromatic heterocycles. The lowest BCUT2D eigenvalue weighted by Crippen LogP contribution is -2.41. The van der Waals surface area contributed by atoms with Crippen molar-refractivity contribution in [1.29, 1.82) is 0 Å². The Morgan fingerprint density at radius 2 is 1.81 bits per heavy atom. The fourth-order valence-corrected chi connectivity index (χ4v) is 5.10. The fraction of sp³-hybridized carbons (Fsp3) is 0.364. The minimum Gasteiger partial charge on any atom is -0.482 e. The van der Waals surface area contributed by atoms with Gasteiger partial charge in [-0.15, -0.1) is 0 Å². The molecule has 9 heteroatoms. The summed E-state index contributed by atoms with van der Waals surface area (Å²) in [6, 6.07) is 8.66. The average Bonchev–Trinajstić information content (AvgIpc) is 3.14. The number of thiazole rings is 1. The molecule has 0 N–H and O–H groups in total. The molecular weight excluding hydrogens is 477 g/mol. The third kappa shape index (κ3) is 6.02. The Morgan fingerprint density at radius 3 is 2.48 bits per heavy atom. The molecule has 0 spiro atoms. The van der Waals surface area contributed by atoms with E-state index in [0.29, 0.717) is 32.5 Å². The van der Waals surface area contributed by atoms with Crippen LogP contribution >= 0.6 is 46.1 Å². The number of aromatic nitrogens is 1. The number of likely N-dealkylation sites (N-methyl/N-ethyl adjacent to an activating group) is 1. The van der Waals surface area contributed by atoms with Crippen LogP contribution in [0.25, 0.3) is 10.2 Å². The van der Waals surface area contributed by atoms with Gasteiger partial charge in [-0.05, 0) is 55.9 Å². The van der Waals surface area contributed by atoms with Gasteiger partial charge in [-0.1, -0.05) is 60.0 Å². The quantitative estimate of drug-likeness (QED) is 0.345. The molecule has 5 nitrogen and oxygen atoms in total. The predicted molar refractivity (Wildman–Crippen MR) is 131 cm³/mol. The summed E-state index contributed by atoms with van der Waals surface area (Å²) in [5.74, 6) is 0.219. The zero-order valence-corrected chi connectivity index (χ0v) is 20.7. The molecule has 0 aliphatic carbocycles. The summed E-state index contributed by atoms with van der Waals surface area (Å²) in [7, 11) is 0. The van der Waals surface area contributed by atoms with Crippen molar-refractivity contribution in [2.75, 3.05) is 37.7 Å². The molecule has 2 aromatic carbocycles. The highest BCUT2D eigenvalue weighted by Crippen LogP contribution is 2.33. The Hall–Kier alpha value is -1.57. The fourth-order valence-electron chi connectivity index (χ4n) is 3.18. The van der Waals surface area contributed by atoms with E-state index in [-0.39, 0.29) is 12.5 Å². The maximum atomic E-state index is 13.2. The maximum Gasteiger partial charge on any atom is 0.266 e. The number of ether oxygens (including phenoxy) is 1. The molecular formula is C22H24Cl3N3O2S. The number of anilines is 1. The van der Waals surface area contributed by atoms with Crippen LogP contribution in [0.15, 0.2) is 30.3 Å². The van der Waals surface area contributed by atoms with E-state index < -0.39 is 0 Å². The van der Waals surface area contributed by atoms with Gasteiger partial charge in [0.15, 0.2) is 11.7 Å². The van der Waals surface area contributed by atoms with Gasteiger partial charge in [0.2, 0.25) is 0 Å². The number of hydrogen-bond donors (Lipinski definition) is 0. The highest BCUT2D eigenvalue weighted by atomic mass is 35.5. The number of rotatable bonds is 9. The number of nitrogens with zero attached hydrogens (tertiary/aromatic N) is 3. The van der Waals surface area contributed by atoms with E-state index in [4.69, 9.17) is 44.5 Å². The van der Waals surface area contributed by atoms with E-state index in [1.165, 1.54) is 11.3 Å². The van der Waals surface area contributed by atoms with Crippen molar-refractivity contribution in [1.82, 2.24) is 9.88 Å². The molecule has 0 aliphatic heterocycles. The summed E-state index contributed by atoms with van der Waals surface area (Å²) in [6.07, 6.45) is 0. The molecule has 166 valence electrons. The van der Waals surface area contributed by atoms with Crippen molar-refractivity contribution >= 4 is 67.4 Å². The molecule has 0 fully saturated rings. The molecule has 0 bridgehead atoms.